The Morgan fingerprint density at radius 1 is 0.738 bits per heavy atom. The number of benzene rings is 4. The van der Waals surface area contributed by atoms with Crippen LogP contribution < -0.4 is 15.8 Å². The summed E-state index contributed by atoms with van der Waals surface area (Å²) < 4.78 is 0. The Labute approximate surface area is 250 Å². The molecular weight excluding hydrogens is 540 g/mol. The summed E-state index contributed by atoms with van der Waals surface area (Å²) in [5, 5.41) is 8.31. The van der Waals surface area contributed by atoms with E-state index in [1.807, 2.05) is 12.1 Å². The molecule has 7 rings (SSSR count). The maximum atomic E-state index is 14.0. The lowest BCUT2D eigenvalue weighted by molar-refractivity contribution is 0.102. The summed E-state index contributed by atoms with van der Waals surface area (Å²) in [4.78, 5) is 29.3. The minimum atomic E-state index is -0.276. The molecule has 1 atom stereocenters. The van der Waals surface area contributed by atoms with Gasteiger partial charge >= 0.3 is 0 Å². The third-order valence-electron chi connectivity index (χ3n) is 9.00. The number of nitrogens with one attached hydrogen (secondary N) is 1. The molecule has 0 aromatic heterocycles. The number of likely N-dealkylation sites (tertiary alicyclic amines) is 1. The number of piperidine rings is 1. The Bertz CT molecular complexity index is 1920. The minimum absolute atomic E-state index is 0.0644. The number of hydrogen-bond donors (Lipinski definition) is 1. The van der Waals surface area contributed by atoms with Crippen molar-refractivity contribution in [2.75, 3.05) is 18.4 Å². The molecule has 1 unspecified atom stereocenters. The molecule has 4 nitrogen and oxygen atoms in total. The van der Waals surface area contributed by atoms with Crippen molar-refractivity contribution in [3.05, 3.63) is 133 Å². The Morgan fingerprint density at radius 2 is 1.48 bits per heavy atom. The van der Waals surface area contributed by atoms with Crippen LogP contribution in [0.15, 0.2) is 84.9 Å². The average molecular weight is 573 g/mol. The van der Waals surface area contributed by atoms with Crippen molar-refractivity contribution in [3.63, 3.8) is 0 Å². The second-order valence-electron chi connectivity index (χ2n) is 11.5. The number of fused-ring (bicyclic) bond motifs is 4. The molecule has 1 aliphatic heterocycles. The molecule has 5 heteroatoms. The van der Waals surface area contributed by atoms with Crippen LogP contribution in [-0.2, 0) is 6.42 Å². The molecule has 1 amide bonds. The SMILES string of the molecule is O=C(C1=c2ccc3c(c2CCC1)C(N1CCCCC1)C=c1ccccc1=3)c1ccc(NC(=O)c2ccccc2Cl)cc1. The van der Waals surface area contributed by atoms with Gasteiger partial charge in [-0.2, -0.15) is 0 Å². The highest BCUT2D eigenvalue weighted by Gasteiger charge is 2.28. The second-order valence-corrected chi connectivity index (χ2v) is 11.9. The van der Waals surface area contributed by atoms with E-state index in [9.17, 15) is 9.59 Å². The van der Waals surface area contributed by atoms with E-state index >= 15 is 0 Å². The highest BCUT2D eigenvalue weighted by Crippen LogP contribution is 2.33. The summed E-state index contributed by atoms with van der Waals surface area (Å²) in [6.45, 7) is 2.22. The largest absolute Gasteiger partial charge is 0.322 e. The number of Topliss-reactive ketones (excluding diaryl/α,β-unsaturated/α-hetero) is 1. The van der Waals surface area contributed by atoms with Crippen molar-refractivity contribution in [2.45, 2.75) is 44.6 Å². The zero-order valence-electron chi connectivity index (χ0n) is 23.5. The topological polar surface area (TPSA) is 49.4 Å². The standard InChI is InChI=1S/C37H33ClN2O2/c38-33-14-5-4-11-32(33)37(42)39-26-17-15-24(16-18-26)36(41)31-13-8-12-29-28(31)19-20-30-27-10-3-2-9-25(27)23-34(35(29)30)40-21-6-1-7-22-40/h2-5,9-11,14-20,23,34H,1,6-8,12-13,21-22H2,(H,39,42). The highest BCUT2D eigenvalue weighted by atomic mass is 35.5. The van der Waals surface area contributed by atoms with Crippen LogP contribution in [0, 0.1) is 10.4 Å². The van der Waals surface area contributed by atoms with Crippen LogP contribution in [0.5, 0.6) is 0 Å². The molecule has 0 radical (unpaired) electrons. The van der Waals surface area contributed by atoms with Crippen molar-refractivity contribution >= 4 is 40.6 Å². The van der Waals surface area contributed by atoms with E-state index in [-0.39, 0.29) is 17.7 Å². The zero-order chi connectivity index (χ0) is 28.6. The molecule has 4 aromatic rings. The lowest BCUT2D eigenvalue weighted by Crippen LogP contribution is -2.37. The molecule has 0 spiro atoms. The summed E-state index contributed by atoms with van der Waals surface area (Å²) >= 11 is 6.19. The van der Waals surface area contributed by atoms with Crippen molar-refractivity contribution in [1.29, 1.82) is 0 Å². The number of anilines is 1. The van der Waals surface area contributed by atoms with Gasteiger partial charge in [-0.3, -0.25) is 14.5 Å². The van der Waals surface area contributed by atoms with Crippen molar-refractivity contribution in [3.8, 4) is 0 Å². The molecule has 4 aromatic carbocycles. The maximum Gasteiger partial charge on any atom is 0.257 e. The van der Waals surface area contributed by atoms with Gasteiger partial charge in [0.2, 0.25) is 0 Å². The molecule has 1 heterocycles. The number of amides is 1. The Kier molecular flexibility index (Phi) is 7.27. The fourth-order valence-electron chi connectivity index (χ4n) is 6.95. The van der Waals surface area contributed by atoms with Gasteiger partial charge in [-0.1, -0.05) is 72.6 Å². The van der Waals surface area contributed by atoms with Gasteiger partial charge in [-0.05, 0) is 114 Å². The number of hydrogen-bond acceptors (Lipinski definition) is 3. The molecule has 1 fully saturated rings. The fourth-order valence-corrected chi connectivity index (χ4v) is 7.17. The van der Waals surface area contributed by atoms with Crippen LogP contribution >= 0.6 is 11.6 Å². The van der Waals surface area contributed by atoms with Crippen molar-refractivity contribution in [1.82, 2.24) is 4.90 Å². The van der Waals surface area contributed by atoms with Gasteiger partial charge < -0.3 is 5.32 Å². The predicted molar refractivity (Wildman–Crippen MR) is 169 cm³/mol. The minimum Gasteiger partial charge on any atom is -0.322 e. The van der Waals surface area contributed by atoms with E-state index in [0.29, 0.717) is 21.8 Å². The first-order valence-electron chi connectivity index (χ1n) is 15.0. The molecule has 210 valence electrons. The average Bonchev–Trinajstić information content (AvgIpc) is 3.04. The van der Waals surface area contributed by atoms with Gasteiger partial charge in [0.05, 0.1) is 16.6 Å². The van der Waals surface area contributed by atoms with Crippen molar-refractivity contribution < 1.29 is 9.59 Å². The third kappa shape index (κ3) is 4.89. The van der Waals surface area contributed by atoms with Gasteiger partial charge in [0.15, 0.2) is 5.78 Å². The van der Waals surface area contributed by atoms with E-state index in [1.165, 1.54) is 46.0 Å². The van der Waals surface area contributed by atoms with Gasteiger partial charge in [0.25, 0.3) is 5.91 Å². The number of halogens is 1. The summed E-state index contributed by atoms with van der Waals surface area (Å²) in [6, 6.07) is 27.6. The fraction of sp³-hybridized carbons (Fsp3) is 0.243. The quantitative estimate of drug-likeness (QED) is 0.275. The number of carbonyl (C=O) groups is 2. The Balaban J connectivity index is 1.27. The summed E-state index contributed by atoms with van der Waals surface area (Å²) in [5.74, 6) is -0.212. The number of carbonyl (C=O) groups excluding carboxylic acids is 2. The monoisotopic (exact) mass is 572 g/mol. The molecule has 2 aliphatic carbocycles. The molecular formula is C37H33ClN2O2. The molecule has 42 heavy (non-hydrogen) atoms. The van der Waals surface area contributed by atoms with Crippen LogP contribution in [0.4, 0.5) is 5.69 Å². The first-order chi connectivity index (χ1) is 20.6. The molecule has 1 N–H and O–H groups in total. The van der Waals surface area contributed by atoms with Crippen LogP contribution in [0.1, 0.15) is 70.0 Å². The number of rotatable bonds is 5. The number of nitrogens with zero attached hydrogens (tertiary/aromatic N) is 1. The van der Waals surface area contributed by atoms with Crippen LogP contribution in [0.3, 0.4) is 0 Å². The van der Waals surface area contributed by atoms with E-state index in [4.69, 9.17) is 11.6 Å². The predicted octanol–water partition coefficient (Wildman–Crippen LogP) is 6.57. The lowest BCUT2D eigenvalue weighted by atomic mass is 9.81. The van der Waals surface area contributed by atoms with Gasteiger partial charge in [0, 0.05) is 16.8 Å². The zero-order valence-corrected chi connectivity index (χ0v) is 24.3. The first-order valence-corrected chi connectivity index (χ1v) is 15.4. The molecule has 1 saturated heterocycles. The lowest BCUT2D eigenvalue weighted by Gasteiger charge is -2.36. The Morgan fingerprint density at radius 3 is 2.29 bits per heavy atom. The van der Waals surface area contributed by atoms with Crippen molar-refractivity contribution in [2.24, 2.45) is 0 Å². The van der Waals surface area contributed by atoms with Crippen LogP contribution in [0.2, 0.25) is 5.02 Å². The van der Waals surface area contributed by atoms with Gasteiger partial charge in [0.1, 0.15) is 0 Å². The maximum absolute atomic E-state index is 14.0. The van der Waals surface area contributed by atoms with Gasteiger partial charge in [-0.15, -0.1) is 0 Å². The number of ketones is 1. The van der Waals surface area contributed by atoms with Crippen LogP contribution in [-0.4, -0.2) is 29.7 Å². The Hall–Kier alpha value is -3.99. The summed E-state index contributed by atoms with van der Waals surface area (Å²) in [7, 11) is 0. The summed E-state index contributed by atoms with van der Waals surface area (Å²) in [5.41, 5.74) is 5.31. The van der Waals surface area contributed by atoms with Crippen LogP contribution in [0.25, 0.3) is 11.6 Å². The first kappa shape index (κ1) is 26.9. The molecule has 3 aliphatic rings. The molecule has 0 saturated carbocycles. The van der Waals surface area contributed by atoms with E-state index in [2.05, 4.69) is 52.7 Å². The smallest absolute Gasteiger partial charge is 0.257 e. The third-order valence-corrected chi connectivity index (χ3v) is 9.33. The van der Waals surface area contributed by atoms with E-state index in [0.717, 1.165) is 43.1 Å². The highest BCUT2D eigenvalue weighted by molar-refractivity contribution is 6.34. The van der Waals surface area contributed by atoms with Gasteiger partial charge in [-0.25, -0.2) is 0 Å². The summed E-state index contributed by atoms with van der Waals surface area (Å²) in [6.07, 6.45) is 8.95. The normalized spacial score (nSPS) is 17.8. The van der Waals surface area contributed by atoms with E-state index in [1.54, 1.807) is 36.4 Å². The molecule has 0 bridgehead atoms. The second kappa shape index (κ2) is 11.4. The van der Waals surface area contributed by atoms with E-state index < -0.39 is 0 Å².